The van der Waals surface area contributed by atoms with E-state index in [1.165, 1.54) is 12.1 Å². The summed E-state index contributed by atoms with van der Waals surface area (Å²) in [5.41, 5.74) is 1.89. The summed E-state index contributed by atoms with van der Waals surface area (Å²) >= 11 is 0. The predicted molar refractivity (Wildman–Crippen MR) is 113 cm³/mol. The molecule has 0 atom stereocenters. The fourth-order valence-electron chi connectivity index (χ4n) is 4.29. The first kappa shape index (κ1) is 23.0. The van der Waals surface area contributed by atoms with E-state index in [0.717, 1.165) is 36.6 Å². The minimum atomic E-state index is -4.66. The molecule has 0 amide bonds. The summed E-state index contributed by atoms with van der Waals surface area (Å²) in [6, 6.07) is 3.67. The molecule has 2 aromatic heterocycles. The van der Waals surface area contributed by atoms with Crippen LogP contribution in [0.25, 0.3) is 23.0 Å². The number of rotatable bonds is 6. The van der Waals surface area contributed by atoms with Crippen molar-refractivity contribution in [3.8, 4) is 23.0 Å². The first-order valence-corrected chi connectivity index (χ1v) is 10.8. The van der Waals surface area contributed by atoms with E-state index in [1.54, 1.807) is 0 Å². The number of alkyl halides is 3. The molecule has 2 heterocycles. The summed E-state index contributed by atoms with van der Waals surface area (Å²) < 4.78 is 48.6. The Balaban J connectivity index is 1.73. The molecule has 0 saturated heterocycles. The van der Waals surface area contributed by atoms with Crippen LogP contribution in [0.5, 0.6) is 0 Å². The molecular weight excluding hydrogens is 437 g/mol. The molecule has 7 nitrogen and oxygen atoms in total. The standard InChI is InChI=1S/C23H25F3N4O3/c1-4-30-17-12-22(2,3)10-9-15(17)19(28-30)21-27-20(29-33-21)14-7-5-13(6-8-18(31)32)11-16(14)23(24,25)26/h5,7,11H,4,6,8-10,12H2,1-3H3,(H,31,32). The largest absolute Gasteiger partial charge is 0.481 e. The highest BCUT2D eigenvalue weighted by molar-refractivity contribution is 5.68. The zero-order valence-corrected chi connectivity index (χ0v) is 18.7. The number of carboxylic acids is 1. The number of halogens is 3. The van der Waals surface area contributed by atoms with Gasteiger partial charge in [-0.2, -0.15) is 23.3 Å². The van der Waals surface area contributed by atoms with Crippen LogP contribution in [0.1, 0.15) is 56.0 Å². The van der Waals surface area contributed by atoms with Gasteiger partial charge in [0.2, 0.25) is 5.82 Å². The summed E-state index contributed by atoms with van der Waals surface area (Å²) in [5, 5.41) is 17.3. The van der Waals surface area contributed by atoms with Crippen molar-refractivity contribution < 1.29 is 27.6 Å². The second-order valence-corrected chi connectivity index (χ2v) is 9.13. The lowest BCUT2D eigenvalue weighted by Crippen LogP contribution is -2.24. The molecule has 0 spiro atoms. The van der Waals surface area contributed by atoms with E-state index in [9.17, 15) is 18.0 Å². The SMILES string of the molecule is CCn1nc(-c2nc(-c3ccc(CCC(=O)O)cc3C(F)(F)F)no2)c2c1CC(C)(C)CC2. The number of hydrogen-bond acceptors (Lipinski definition) is 5. The number of hydrogen-bond donors (Lipinski definition) is 1. The van der Waals surface area contributed by atoms with Crippen molar-refractivity contribution in [2.45, 2.75) is 65.6 Å². The van der Waals surface area contributed by atoms with Crippen LogP contribution in [0.15, 0.2) is 22.7 Å². The second kappa shape index (κ2) is 8.31. The molecule has 1 aliphatic rings. The van der Waals surface area contributed by atoms with Crippen molar-refractivity contribution in [1.82, 2.24) is 19.9 Å². The van der Waals surface area contributed by atoms with Gasteiger partial charge in [-0.3, -0.25) is 9.48 Å². The van der Waals surface area contributed by atoms with E-state index >= 15 is 0 Å². The molecule has 1 N–H and O–H groups in total. The summed E-state index contributed by atoms with van der Waals surface area (Å²) in [6.07, 6.45) is -2.34. The Morgan fingerprint density at radius 2 is 2.06 bits per heavy atom. The van der Waals surface area contributed by atoms with Crippen molar-refractivity contribution in [1.29, 1.82) is 0 Å². The maximum absolute atomic E-state index is 13.8. The Morgan fingerprint density at radius 3 is 2.73 bits per heavy atom. The molecule has 1 aliphatic carbocycles. The third kappa shape index (κ3) is 4.65. The van der Waals surface area contributed by atoms with E-state index in [2.05, 4.69) is 29.1 Å². The van der Waals surface area contributed by atoms with E-state index < -0.39 is 17.7 Å². The summed E-state index contributed by atoms with van der Waals surface area (Å²) in [5.74, 6) is -1.16. The van der Waals surface area contributed by atoms with Gasteiger partial charge in [-0.25, -0.2) is 0 Å². The zero-order valence-electron chi connectivity index (χ0n) is 18.7. The van der Waals surface area contributed by atoms with Gasteiger partial charge in [0, 0.05) is 29.8 Å². The highest BCUT2D eigenvalue weighted by atomic mass is 19.4. The van der Waals surface area contributed by atoms with Gasteiger partial charge in [0.1, 0.15) is 0 Å². The monoisotopic (exact) mass is 462 g/mol. The Labute approximate surface area is 188 Å². The molecule has 1 aromatic carbocycles. The van der Waals surface area contributed by atoms with E-state index in [1.807, 2.05) is 11.6 Å². The Bertz CT molecular complexity index is 1190. The average Bonchev–Trinajstić information content (AvgIpc) is 3.35. The predicted octanol–water partition coefficient (Wildman–Crippen LogP) is 5.17. The van der Waals surface area contributed by atoms with Crippen LogP contribution in [0, 0.1) is 5.41 Å². The summed E-state index contributed by atoms with van der Waals surface area (Å²) in [6.45, 7) is 7.05. The van der Waals surface area contributed by atoms with Crippen LogP contribution >= 0.6 is 0 Å². The molecule has 4 rings (SSSR count). The van der Waals surface area contributed by atoms with Crippen LogP contribution in [0.3, 0.4) is 0 Å². The maximum atomic E-state index is 13.8. The van der Waals surface area contributed by atoms with Crippen molar-refractivity contribution in [3.05, 3.63) is 40.6 Å². The van der Waals surface area contributed by atoms with Gasteiger partial charge in [0.25, 0.3) is 5.89 Å². The Kier molecular flexibility index (Phi) is 5.79. The van der Waals surface area contributed by atoms with Crippen LogP contribution in [-0.4, -0.2) is 31.0 Å². The number of benzene rings is 1. The van der Waals surface area contributed by atoms with Crippen molar-refractivity contribution in [2.75, 3.05) is 0 Å². The van der Waals surface area contributed by atoms with E-state index in [4.69, 9.17) is 9.63 Å². The van der Waals surface area contributed by atoms with E-state index in [0.29, 0.717) is 12.2 Å². The second-order valence-electron chi connectivity index (χ2n) is 9.13. The molecule has 0 saturated carbocycles. The molecule has 0 bridgehead atoms. The lowest BCUT2D eigenvalue weighted by molar-refractivity contribution is -0.137. The lowest BCUT2D eigenvalue weighted by atomic mass is 9.76. The minimum absolute atomic E-state index is 0.00682. The first-order chi connectivity index (χ1) is 15.5. The number of aromatic nitrogens is 4. The first-order valence-electron chi connectivity index (χ1n) is 10.8. The molecule has 0 unspecified atom stereocenters. The highest BCUT2D eigenvalue weighted by Crippen LogP contribution is 2.40. The Morgan fingerprint density at radius 1 is 1.30 bits per heavy atom. The minimum Gasteiger partial charge on any atom is -0.481 e. The molecule has 3 aromatic rings. The topological polar surface area (TPSA) is 94.0 Å². The molecular formula is C23H25F3N4O3. The van der Waals surface area contributed by atoms with Crippen molar-refractivity contribution in [3.63, 3.8) is 0 Å². The number of aliphatic carboxylic acids is 1. The molecule has 0 aliphatic heterocycles. The third-order valence-electron chi connectivity index (χ3n) is 6.05. The quantitative estimate of drug-likeness (QED) is 0.543. The van der Waals surface area contributed by atoms with E-state index in [-0.39, 0.29) is 41.1 Å². The number of nitrogens with zero attached hydrogens (tertiary/aromatic N) is 4. The number of aryl methyl sites for hydroxylation is 2. The lowest BCUT2D eigenvalue weighted by Gasteiger charge is -2.30. The van der Waals surface area contributed by atoms with Crippen molar-refractivity contribution >= 4 is 5.97 Å². The normalized spacial score (nSPS) is 15.5. The van der Waals surface area contributed by atoms with Gasteiger partial charge in [-0.1, -0.05) is 31.1 Å². The molecule has 10 heteroatoms. The maximum Gasteiger partial charge on any atom is 0.417 e. The zero-order chi connectivity index (χ0) is 24.0. The summed E-state index contributed by atoms with van der Waals surface area (Å²) in [7, 11) is 0. The molecule has 33 heavy (non-hydrogen) atoms. The van der Waals surface area contributed by atoms with Gasteiger partial charge < -0.3 is 9.63 Å². The van der Waals surface area contributed by atoms with Crippen LogP contribution < -0.4 is 0 Å². The number of carboxylic acid groups (broad SMARTS) is 1. The summed E-state index contributed by atoms with van der Waals surface area (Å²) in [4.78, 5) is 15.1. The highest BCUT2D eigenvalue weighted by Gasteiger charge is 2.36. The smallest absolute Gasteiger partial charge is 0.417 e. The van der Waals surface area contributed by atoms with Crippen LogP contribution in [0.4, 0.5) is 13.2 Å². The third-order valence-corrected chi connectivity index (χ3v) is 6.05. The molecule has 176 valence electrons. The average molecular weight is 462 g/mol. The van der Waals surface area contributed by atoms with Gasteiger partial charge in [0.15, 0.2) is 5.69 Å². The molecule has 0 radical (unpaired) electrons. The fraction of sp³-hybridized carbons (Fsp3) is 0.478. The van der Waals surface area contributed by atoms with Gasteiger partial charge in [-0.15, -0.1) is 0 Å². The number of carbonyl (C=O) groups is 1. The molecule has 0 fully saturated rings. The van der Waals surface area contributed by atoms with Crippen LogP contribution in [-0.2, 0) is 36.8 Å². The van der Waals surface area contributed by atoms with Gasteiger partial charge in [-0.05, 0) is 49.7 Å². The van der Waals surface area contributed by atoms with Crippen LogP contribution in [0.2, 0.25) is 0 Å². The number of fused-ring (bicyclic) bond motifs is 1. The van der Waals surface area contributed by atoms with Crippen molar-refractivity contribution in [2.24, 2.45) is 5.41 Å². The van der Waals surface area contributed by atoms with Gasteiger partial charge in [0.05, 0.1) is 5.56 Å². The van der Waals surface area contributed by atoms with Gasteiger partial charge >= 0.3 is 12.1 Å². The fourth-order valence-corrected chi connectivity index (χ4v) is 4.29. The Hall–Kier alpha value is -3.17.